The van der Waals surface area contributed by atoms with Gasteiger partial charge in [-0.2, -0.15) is 0 Å². The van der Waals surface area contributed by atoms with E-state index < -0.39 is 56.8 Å². The van der Waals surface area contributed by atoms with Crippen LogP contribution in [0.5, 0.6) is 0 Å². The molecular formula is C68H55Cl2F4N17O9. The van der Waals surface area contributed by atoms with Gasteiger partial charge in [0.25, 0.3) is 45.9 Å². The van der Waals surface area contributed by atoms with Gasteiger partial charge in [-0.3, -0.25) is 56.9 Å². The number of hydrogen-bond acceptors (Lipinski definition) is 18. The van der Waals surface area contributed by atoms with Gasteiger partial charge in [-0.25, -0.2) is 47.5 Å². The Kier molecular flexibility index (Phi) is 21.8. The predicted molar refractivity (Wildman–Crippen MR) is 361 cm³/mol. The maximum atomic E-state index is 13.3. The number of pyridine rings is 4. The quantitative estimate of drug-likeness (QED) is 0.0497. The second-order valence-corrected chi connectivity index (χ2v) is 22.7. The molecule has 26 nitrogen and oxygen atoms in total. The van der Waals surface area contributed by atoms with Gasteiger partial charge in [-0.1, -0.05) is 59.6 Å². The number of fused-ring (bicyclic) bond motifs is 3. The summed E-state index contributed by atoms with van der Waals surface area (Å²) >= 11 is 11.2. The van der Waals surface area contributed by atoms with Gasteiger partial charge in [0.05, 0.1) is 0 Å². The smallest absolute Gasteiger partial charge is 0.277 e. The van der Waals surface area contributed by atoms with Gasteiger partial charge in [0.2, 0.25) is 0 Å². The van der Waals surface area contributed by atoms with Crippen LogP contribution in [0, 0.1) is 23.3 Å². The molecule has 508 valence electrons. The van der Waals surface area contributed by atoms with Gasteiger partial charge in [-0.05, 0) is 172 Å². The van der Waals surface area contributed by atoms with Crippen LogP contribution in [0.4, 0.5) is 46.4 Å². The number of nitrogens with zero attached hydrogens (tertiary/aromatic N) is 9. The van der Waals surface area contributed by atoms with Crippen molar-refractivity contribution in [2.45, 2.75) is 44.7 Å². The van der Waals surface area contributed by atoms with Crippen molar-refractivity contribution in [3.63, 3.8) is 0 Å². The minimum Gasteiger partial charge on any atom is -0.384 e. The van der Waals surface area contributed by atoms with Crippen molar-refractivity contribution >= 4 is 81.4 Å². The first-order chi connectivity index (χ1) is 47.6. The fourth-order valence-corrected chi connectivity index (χ4v) is 10.4. The number of carbonyl (C=O) groups is 5. The van der Waals surface area contributed by atoms with Gasteiger partial charge < -0.3 is 43.0 Å². The Hall–Kier alpha value is -12.8. The summed E-state index contributed by atoms with van der Waals surface area (Å²) in [6.45, 7) is 6.52. The Morgan fingerprint density at radius 1 is 0.450 bits per heavy atom. The third kappa shape index (κ3) is 16.0. The number of aromatic amines is 1. The highest BCUT2D eigenvalue weighted by molar-refractivity contribution is 6.30. The number of anilines is 5. The topological polar surface area (TPSA) is 374 Å². The highest BCUT2D eigenvalue weighted by Gasteiger charge is 2.44. The number of amides is 4. The zero-order valence-electron chi connectivity index (χ0n) is 52.7. The number of aromatic nitrogens is 10. The number of Topliss-reactive ketones (excluding diaryl/α,β-unsaturated/α-hetero) is 1. The van der Waals surface area contributed by atoms with Crippen molar-refractivity contribution in [1.29, 1.82) is 0 Å². The Morgan fingerprint density at radius 3 is 1.12 bits per heavy atom. The lowest BCUT2D eigenvalue weighted by molar-refractivity contribution is 0.0932. The summed E-state index contributed by atoms with van der Waals surface area (Å²) in [6, 6.07) is 39.1. The van der Waals surface area contributed by atoms with Crippen molar-refractivity contribution in [2.75, 3.05) is 16.4 Å². The summed E-state index contributed by atoms with van der Waals surface area (Å²) in [6.07, 6.45) is 8.84. The Morgan fingerprint density at radius 2 is 0.800 bits per heavy atom. The van der Waals surface area contributed by atoms with E-state index in [2.05, 4.69) is 61.5 Å². The lowest BCUT2D eigenvalue weighted by Crippen LogP contribution is -2.45. The molecule has 14 rings (SSSR count). The first-order valence-corrected chi connectivity index (χ1v) is 30.1. The SMILES string of the molecule is CC(=O)c1ccc(F)cc1.CC1(c2ccc(F)cc2)NC(=O)c2ccc(Cl)c(=O)n21.CC1(c2ccc(F)cc2)NC(=O)c2ccc(Nc3ccncn3)c(=O)n21.CC1(c2ccc(F)cc2)NC(=O)c2ccc(Nc3ccncn3)c(=O)n21.NC(=O)c1ccc(Cl)c(=O)[nH]1.Nc1ccncn1. The van der Waals surface area contributed by atoms with Crippen LogP contribution < -0.4 is 60.3 Å². The number of nitrogens with one attached hydrogen (secondary N) is 6. The maximum Gasteiger partial charge on any atom is 0.277 e. The van der Waals surface area contributed by atoms with Crippen LogP contribution in [0.25, 0.3) is 0 Å². The van der Waals surface area contributed by atoms with E-state index >= 15 is 0 Å². The summed E-state index contributed by atoms with van der Waals surface area (Å²) in [5.41, 5.74) is 8.57. The zero-order valence-corrected chi connectivity index (χ0v) is 54.2. The highest BCUT2D eigenvalue weighted by Crippen LogP contribution is 2.33. The fraction of sp³-hybridized carbons (Fsp3) is 0.103. The molecule has 100 heavy (non-hydrogen) atoms. The predicted octanol–water partition coefficient (Wildman–Crippen LogP) is 8.29. The van der Waals surface area contributed by atoms with E-state index in [0.29, 0.717) is 39.7 Å². The van der Waals surface area contributed by atoms with E-state index in [1.807, 2.05) is 0 Å². The average Bonchev–Trinajstić information content (AvgIpc) is 1.59. The van der Waals surface area contributed by atoms with Gasteiger partial charge >= 0.3 is 0 Å². The van der Waals surface area contributed by atoms with Crippen LogP contribution in [-0.4, -0.2) is 78.0 Å². The molecule has 10 N–H and O–H groups in total. The molecule has 7 aromatic heterocycles. The lowest BCUT2D eigenvalue weighted by Gasteiger charge is -2.28. The molecule has 4 aromatic carbocycles. The number of nitrogens with two attached hydrogens (primary N) is 2. The van der Waals surface area contributed by atoms with Crippen LogP contribution in [0.3, 0.4) is 0 Å². The number of primary amides is 1. The number of benzene rings is 4. The molecule has 0 saturated heterocycles. The zero-order chi connectivity index (χ0) is 72.2. The van der Waals surface area contributed by atoms with Gasteiger partial charge in [0.1, 0.15) is 121 Å². The Bertz CT molecular complexity index is 4950. The number of ketones is 1. The van der Waals surface area contributed by atoms with E-state index in [9.17, 15) is 60.7 Å². The van der Waals surface area contributed by atoms with E-state index in [4.69, 9.17) is 34.7 Å². The first kappa shape index (κ1) is 71.5. The van der Waals surface area contributed by atoms with Crippen LogP contribution in [0.1, 0.15) is 96.7 Å². The minimum atomic E-state index is -1.12. The van der Waals surface area contributed by atoms with Crippen LogP contribution >= 0.6 is 23.2 Å². The number of carbonyl (C=O) groups excluding carboxylic acids is 5. The second-order valence-electron chi connectivity index (χ2n) is 21.9. The average molecular weight is 1400 g/mol. The van der Waals surface area contributed by atoms with E-state index in [1.54, 1.807) is 94.0 Å². The number of halogens is 6. The molecule has 0 radical (unpaired) electrons. The number of H-pyrrole nitrogens is 1. The standard InChI is InChI=1S/2C18H14FN5O2.C14H10ClFN2O2.C8H7FO.C6H5ClN2O2.C4H5N3/c2*1-18(11-2-4-12(19)5-3-11)23-16(25)14-7-6-13(17(26)24(14)18)22-15-8-9-20-10-21-15;1-14(8-2-4-9(16)5-3-8)17-12(19)11-7-6-10(15)13(20)18(11)14;1-6(10)7-2-4-8(9)5-3-7;7-3-1-2-4(5(8)10)9-6(3)11;5-4-1-2-6-3-7-4/h2*2-10H,1H3,(H,23,25)(H,20,21,22);2-7H,1H3,(H,17,19);2-5H,1H3;1-2H,(H2,8,10)(H,9,11);1-3H,(H2,5,6,7). The largest absolute Gasteiger partial charge is 0.384 e. The first-order valence-electron chi connectivity index (χ1n) is 29.3. The number of hydrogen-bond donors (Lipinski definition) is 8. The molecule has 11 aromatic rings. The Balaban J connectivity index is 0.000000148. The molecular weight excluding hydrogens is 1350 g/mol. The van der Waals surface area contributed by atoms with E-state index in [1.165, 1.54) is 149 Å². The molecule has 0 saturated carbocycles. The summed E-state index contributed by atoms with van der Waals surface area (Å²) in [4.78, 5) is 132. The van der Waals surface area contributed by atoms with Crippen molar-refractivity contribution in [2.24, 2.45) is 5.73 Å². The molecule has 3 unspecified atom stereocenters. The monoisotopic (exact) mass is 1400 g/mol. The minimum absolute atomic E-state index is 0.0265. The van der Waals surface area contributed by atoms with Crippen molar-refractivity contribution in [3.05, 3.63) is 321 Å². The summed E-state index contributed by atoms with van der Waals surface area (Å²) < 4.78 is 55.9. The normalized spacial score (nSPS) is 16.2. The molecule has 3 aliphatic rings. The van der Waals surface area contributed by atoms with Crippen molar-refractivity contribution < 1.29 is 41.5 Å². The molecule has 0 fully saturated rings. The van der Waals surface area contributed by atoms with Gasteiger partial charge in [-0.15, -0.1) is 0 Å². The molecule has 4 amide bonds. The molecule has 3 aliphatic heterocycles. The van der Waals surface area contributed by atoms with E-state index in [0.717, 1.165) is 0 Å². The van der Waals surface area contributed by atoms with Gasteiger partial charge in [0.15, 0.2) is 5.78 Å². The Labute approximate surface area is 572 Å². The molecule has 10 heterocycles. The molecule has 0 bridgehead atoms. The van der Waals surface area contributed by atoms with Crippen molar-refractivity contribution in [3.8, 4) is 0 Å². The third-order valence-electron chi connectivity index (χ3n) is 15.2. The summed E-state index contributed by atoms with van der Waals surface area (Å²) in [7, 11) is 0. The molecule has 32 heteroatoms. The van der Waals surface area contributed by atoms with Crippen LogP contribution in [-0.2, 0) is 17.0 Å². The highest BCUT2D eigenvalue weighted by atomic mass is 35.5. The second kappa shape index (κ2) is 30.5. The van der Waals surface area contributed by atoms with Gasteiger partial charge in [0, 0.05) is 24.2 Å². The lowest BCUT2D eigenvalue weighted by atomic mass is 10.0. The summed E-state index contributed by atoms with van der Waals surface area (Å²) in [5.74, 6) is -1.91. The van der Waals surface area contributed by atoms with Crippen molar-refractivity contribution in [1.82, 2.24) is 64.5 Å². The maximum absolute atomic E-state index is 13.3. The third-order valence-corrected chi connectivity index (χ3v) is 15.8. The van der Waals surface area contributed by atoms with Crippen LogP contribution in [0.15, 0.2) is 221 Å². The van der Waals surface area contributed by atoms with E-state index in [-0.39, 0.29) is 79.3 Å². The number of nitrogen functional groups attached to an aromatic ring is 1. The molecule has 3 atom stereocenters. The fourth-order valence-electron chi connectivity index (χ4n) is 10.2. The summed E-state index contributed by atoms with van der Waals surface area (Å²) in [5, 5.41) is 14.3. The molecule has 0 spiro atoms. The number of rotatable bonds is 9. The van der Waals surface area contributed by atoms with Crippen LogP contribution in [0.2, 0.25) is 10.0 Å². The molecule has 0 aliphatic carbocycles.